The highest BCUT2D eigenvalue weighted by molar-refractivity contribution is 6.00. The molecule has 0 atom stereocenters. The number of halogens is 1. The van der Waals surface area contributed by atoms with Crippen LogP contribution in [0, 0.1) is 5.82 Å². The van der Waals surface area contributed by atoms with E-state index < -0.39 is 11.8 Å². The van der Waals surface area contributed by atoms with E-state index in [1.807, 2.05) is 0 Å². The van der Waals surface area contributed by atoms with Gasteiger partial charge in [-0.2, -0.15) is 5.10 Å². The molecule has 1 aromatic heterocycles. The summed E-state index contributed by atoms with van der Waals surface area (Å²) in [5.74, 6) is -2.02. The lowest BCUT2D eigenvalue weighted by atomic mass is 10.1. The Bertz CT molecular complexity index is 624. The zero-order valence-corrected chi connectivity index (χ0v) is 10.2. The molecule has 0 radical (unpaired) electrons. The van der Waals surface area contributed by atoms with Crippen molar-refractivity contribution >= 4 is 17.3 Å². The Morgan fingerprint density at radius 1 is 1.58 bits per heavy atom. The van der Waals surface area contributed by atoms with Gasteiger partial charge in [0.25, 0.3) is 0 Å². The molecule has 0 aliphatic carbocycles. The number of carbonyl (C=O) groups is 1. The summed E-state index contributed by atoms with van der Waals surface area (Å²) in [6.45, 7) is 0.374. The van der Waals surface area contributed by atoms with Crippen molar-refractivity contribution in [2.24, 2.45) is 7.05 Å². The Labute approximate surface area is 108 Å². The van der Waals surface area contributed by atoms with E-state index in [4.69, 9.17) is 10.8 Å². The van der Waals surface area contributed by atoms with Crippen molar-refractivity contribution in [3.8, 4) is 0 Å². The summed E-state index contributed by atoms with van der Waals surface area (Å²) >= 11 is 0. The lowest BCUT2D eigenvalue weighted by Crippen LogP contribution is -2.10. The molecule has 0 spiro atoms. The van der Waals surface area contributed by atoms with Crippen molar-refractivity contribution in [2.45, 2.75) is 6.54 Å². The van der Waals surface area contributed by atoms with Gasteiger partial charge in [0, 0.05) is 25.4 Å². The number of anilines is 2. The number of nitrogen functional groups attached to an aromatic ring is 1. The maximum atomic E-state index is 13.3. The van der Waals surface area contributed by atoms with Gasteiger partial charge in [0.1, 0.15) is 11.4 Å². The van der Waals surface area contributed by atoms with Crippen LogP contribution in [0.4, 0.5) is 15.8 Å². The Kier molecular flexibility index (Phi) is 3.37. The van der Waals surface area contributed by atoms with E-state index in [1.54, 1.807) is 24.1 Å². The maximum Gasteiger partial charge on any atom is 0.340 e. The average molecular weight is 264 g/mol. The standard InChI is InChI=1S/C12H13FN4O2/c1-17-6-7(5-16-17)4-15-9-3-2-8(13)11(14)10(9)12(18)19/h2-3,5-6,15H,4,14H2,1H3,(H,18,19). The van der Waals surface area contributed by atoms with Crippen LogP contribution in [0.5, 0.6) is 0 Å². The molecule has 0 fully saturated rings. The number of hydrogen-bond acceptors (Lipinski definition) is 4. The maximum absolute atomic E-state index is 13.3. The zero-order chi connectivity index (χ0) is 14.0. The molecule has 0 bridgehead atoms. The van der Waals surface area contributed by atoms with Gasteiger partial charge in [0.15, 0.2) is 0 Å². The molecule has 0 unspecified atom stereocenters. The second-order valence-electron chi connectivity index (χ2n) is 4.06. The van der Waals surface area contributed by atoms with Gasteiger partial charge in [-0.1, -0.05) is 0 Å². The van der Waals surface area contributed by atoms with Crippen molar-refractivity contribution in [3.63, 3.8) is 0 Å². The fourth-order valence-electron chi connectivity index (χ4n) is 1.73. The molecule has 0 aliphatic heterocycles. The molecule has 7 heteroatoms. The summed E-state index contributed by atoms with van der Waals surface area (Å²) in [6.07, 6.45) is 3.45. The number of rotatable bonds is 4. The Morgan fingerprint density at radius 3 is 2.89 bits per heavy atom. The molecular weight excluding hydrogens is 251 g/mol. The van der Waals surface area contributed by atoms with Crippen molar-refractivity contribution < 1.29 is 14.3 Å². The number of hydrogen-bond donors (Lipinski definition) is 3. The SMILES string of the molecule is Cn1cc(CNc2ccc(F)c(N)c2C(=O)O)cn1. The number of aryl methyl sites for hydroxylation is 1. The minimum absolute atomic E-state index is 0.260. The number of aromatic carboxylic acids is 1. The van der Waals surface area contributed by atoms with E-state index in [1.165, 1.54) is 6.07 Å². The number of nitrogens with zero attached hydrogens (tertiary/aromatic N) is 2. The fraction of sp³-hybridized carbons (Fsp3) is 0.167. The van der Waals surface area contributed by atoms with Crippen LogP contribution in [0.3, 0.4) is 0 Å². The fourth-order valence-corrected chi connectivity index (χ4v) is 1.73. The molecule has 2 rings (SSSR count). The number of carboxylic acids is 1. The Balaban J connectivity index is 2.25. The minimum Gasteiger partial charge on any atom is -0.478 e. The molecule has 6 nitrogen and oxygen atoms in total. The van der Waals surface area contributed by atoms with Crippen LogP contribution in [0.1, 0.15) is 15.9 Å². The molecule has 19 heavy (non-hydrogen) atoms. The topological polar surface area (TPSA) is 93.2 Å². The highest BCUT2D eigenvalue weighted by Crippen LogP contribution is 2.25. The van der Waals surface area contributed by atoms with E-state index >= 15 is 0 Å². The van der Waals surface area contributed by atoms with E-state index in [9.17, 15) is 9.18 Å². The first kappa shape index (κ1) is 12.9. The molecule has 4 N–H and O–H groups in total. The highest BCUT2D eigenvalue weighted by Gasteiger charge is 2.17. The van der Waals surface area contributed by atoms with Gasteiger partial charge in [-0.3, -0.25) is 4.68 Å². The van der Waals surface area contributed by atoms with E-state index in [0.29, 0.717) is 6.54 Å². The van der Waals surface area contributed by atoms with Gasteiger partial charge in [-0.25, -0.2) is 9.18 Å². The summed E-state index contributed by atoms with van der Waals surface area (Å²) in [7, 11) is 1.78. The largest absolute Gasteiger partial charge is 0.478 e. The Hall–Kier alpha value is -2.57. The third-order valence-electron chi connectivity index (χ3n) is 2.65. The molecule has 0 aliphatic rings. The summed E-state index contributed by atoms with van der Waals surface area (Å²) in [5.41, 5.74) is 5.96. The number of benzene rings is 1. The lowest BCUT2D eigenvalue weighted by molar-refractivity contribution is 0.0698. The first-order valence-electron chi connectivity index (χ1n) is 5.51. The predicted octanol–water partition coefficient (Wildman–Crippen LogP) is 1.45. The molecule has 1 aromatic carbocycles. The van der Waals surface area contributed by atoms with Crippen molar-refractivity contribution in [1.82, 2.24) is 9.78 Å². The van der Waals surface area contributed by atoms with Crippen molar-refractivity contribution in [1.29, 1.82) is 0 Å². The molecule has 1 heterocycles. The van der Waals surface area contributed by atoms with Gasteiger partial charge in [-0.15, -0.1) is 0 Å². The smallest absolute Gasteiger partial charge is 0.340 e. The zero-order valence-electron chi connectivity index (χ0n) is 10.2. The molecule has 2 aromatic rings. The average Bonchev–Trinajstić information content (AvgIpc) is 2.76. The molecule has 0 amide bonds. The van der Waals surface area contributed by atoms with Gasteiger partial charge in [-0.05, 0) is 12.1 Å². The lowest BCUT2D eigenvalue weighted by Gasteiger charge is -2.11. The molecule has 0 saturated heterocycles. The van der Waals surface area contributed by atoms with Crippen molar-refractivity contribution in [2.75, 3.05) is 11.1 Å². The number of aromatic nitrogens is 2. The van der Waals surface area contributed by atoms with Crippen molar-refractivity contribution in [3.05, 3.63) is 41.5 Å². The summed E-state index contributed by atoms with van der Waals surface area (Å²) < 4.78 is 14.9. The quantitative estimate of drug-likeness (QED) is 0.727. The predicted molar refractivity (Wildman–Crippen MR) is 68.3 cm³/mol. The monoisotopic (exact) mass is 264 g/mol. The molecule has 0 saturated carbocycles. The second-order valence-corrected chi connectivity index (χ2v) is 4.06. The normalized spacial score (nSPS) is 10.4. The number of carboxylic acid groups (broad SMARTS) is 1. The van der Waals surface area contributed by atoms with Crippen LogP contribution < -0.4 is 11.1 Å². The third kappa shape index (κ3) is 2.65. The summed E-state index contributed by atoms with van der Waals surface area (Å²) in [5, 5.41) is 16.0. The van der Waals surface area contributed by atoms with Crippen LogP contribution in [0.15, 0.2) is 24.5 Å². The van der Waals surface area contributed by atoms with Gasteiger partial charge < -0.3 is 16.2 Å². The van der Waals surface area contributed by atoms with E-state index in [0.717, 1.165) is 11.6 Å². The number of nitrogens with one attached hydrogen (secondary N) is 1. The van der Waals surface area contributed by atoms with Crippen LogP contribution in [0.2, 0.25) is 0 Å². The number of nitrogens with two attached hydrogens (primary N) is 1. The molecular formula is C12H13FN4O2. The van der Waals surface area contributed by atoms with Gasteiger partial charge >= 0.3 is 5.97 Å². The van der Waals surface area contributed by atoms with Crippen LogP contribution in [0.25, 0.3) is 0 Å². The third-order valence-corrected chi connectivity index (χ3v) is 2.65. The van der Waals surface area contributed by atoms with Crippen LogP contribution in [-0.4, -0.2) is 20.9 Å². The Morgan fingerprint density at radius 2 is 2.32 bits per heavy atom. The van der Waals surface area contributed by atoms with Crippen LogP contribution in [-0.2, 0) is 13.6 Å². The van der Waals surface area contributed by atoms with E-state index in [-0.39, 0.29) is 16.9 Å². The summed E-state index contributed by atoms with van der Waals surface area (Å²) in [4.78, 5) is 11.1. The van der Waals surface area contributed by atoms with Gasteiger partial charge in [0.2, 0.25) is 0 Å². The first-order chi connectivity index (χ1) is 8.99. The minimum atomic E-state index is -1.27. The second kappa shape index (κ2) is 4.97. The van der Waals surface area contributed by atoms with Crippen LogP contribution >= 0.6 is 0 Å². The van der Waals surface area contributed by atoms with E-state index in [2.05, 4.69) is 10.4 Å². The molecule has 100 valence electrons. The summed E-state index contributed by atoms with van der Waals surface area (Å²) in [6, 6.07) is 2.48. The van der Waals surface area contributed by atoms with Gasteiger partial charge in [0.05, 0.1) is 17.6 Å². The first-order valence-corrected chi connectivity index (χ1v) is 5.51. The highest BCUT2D eigenvalue weighted by atomic mass is 19.1.